The van der Waals surface area contributed by atoms with E-state index < -0.39 is 5.82 Å². The summed E-state index contributed by atoms with van der Waals surface area (Å²) < 4.78 is 25.8. The van der Waals surface area contributed by atoms with Crippen LogP contribution >= 0.6 is 0 Å². The molecule has 3 heterocycles. The fourth-order valence-corrected chi connectivity index (χ4v) is 3.25. The van der Waals surface area contributed by atoms with Gasteiger partial charge < -0.3 is 13.9 Å². The van der Waals surface area contributed by atoms with Crippen molar-refractivity contribution in [3.63, 3.8) is 0 Å². The second-order valence-electron chi connectivity index (χ2n) is 6.06. The zero-order valence-electron chi connectivity index (χ0n) is 13.7. The predicted molar refractivity (Wildman–Crippen MR) is 95.3 cm³/mol. The van der Waals surface area contributed by atoms with Gasteiger partial charge in [0.05, 0.1) is 29.1 Å². The van der Waals surface area contributed by atoms with E-state index in [0.29, 0.717) is 22.3 Å². The van der Waals surface area contributed by atoms with Gasteiger partial charge >= 0.3 is 0 Å². The minimum Gasteiger partial charge on any atom is -0.508 e. The lowest BCUT2D eigenvalue weighted by Crippen LogP contribution is -1.83. The first-order valence-corrected chi connectivity index (χ1v) is 8.02. The molecular weight excluding hydrogens is 349 g/mol. The largest absolute Gasteiger partial charge is 0.508 e. The Morgan fingerprint density at radius 2 is 2.04 bits per heavy atom. The molecule has 0 radical (unpaired) electrons. The SMILES string of the molecule is N#Cc1ccoc1-c1c(-c2ccc3[nH]ncc3c2)oc2c(F)cc(O)cc12. The van der Waals surface area contributed by atoms with Crippen LogP contribution in [0, 0.1) is 17.1 Å². The summed E-state index contributed by atoms with van der Waals surface area (Å²) in [5.74, 6) is -0.358. The summed E-state index contributed by atoms with van der Waals surface area (Å²) in [4.78, 5) is 0. The molecule has 7 heteroatoms. The summed E-state index contributed by atoms with van der Waals surface area (Å²) in [6.07, 6.45) is 3.05. The van der Waals surface area contributed by atoms with Gasteiger partial charge in [0, 0.05) is 22.4 Å². The number of halogens is 1. The number of aromatic amines is 1. The van der Waals surface area contributed by atoms with E-state index in [9.17, 15) is 14.8 Å². The van der Waals surface area contributed by atoms with E-state index in [0.717, 1.165) is 17.0 Å². The van der Waals surface area contributed by atoms with Crippen LogP contribution in [0.4, 0.5) is 4.39 Å². The molecule has 6 nitrogen and oxygen atoms in total. The van der Waals surface area contributed by atoms with E-state index >= 15 is 0 Å². The first kappa shape index (κ1) is 15.2. The number of phenolic OH excluding ortho intramolecular Hbond substituents is 1. The van der Waals surface area contributed by atoms with Crippen molar-refractivity contribution in [2.45, 2.75) is 0 Å². The van der Waals surface area contributed by atoms with Crippen LogP contribution in [0.15, 0.2) is 57.7 Å². The number of hydrogen-bond acceptors (Lipinski definition) is 5. The number of furan rings is 2. The number of nitriles is 1. The summed E-state index contributed by atoms with van der Waals surface area (Å²) in [7, 11) is 0. The lowest BCUT2D eigenvalue weighted by atomic mass is 10.0. The summed E-state index contributed by atoms with van der Waals surface area (Å²) in [5.41, 5.74) is 2.17. The van der Waals surface area contributed by atoms with Crippen molar-refractivity contribution in [3.8, 4) is 34.5 Å². The first-order valence-electron chi connectivity index (χ1n) is 8.02. The van der Waals surface area contributed by atoms with Crippen LogP contribution in [0.3, 0.4) is 0 Å². The van der Waals surface area contributed by atoms with Crippen molar-refractivity contribution in [1.82, 2.24) is 10.2 Å². The number of fused-ring (bicyclic) bond motifs is 2. The van der Waals surface area contributed by atoms with E-state index in [4.69, 9.17) is 8.83 Å². The Labute approximate surface area is 151 Å². The predicted octanol–water partition coefficient (Wildman–Crippen LogP) is 4.95. The normalized spacial score (nSPS) is 11.3. The van der Waals surface area contributed by atoms with Gasteiger partial charge in [0.1, 0.15) is 17.6 Å². The Morgan fingerprint density at radius 1 is 1.15 bits per heavy atom. The molecule has 0 aliphatic carbocycles. The van der Waals surface area contributed by atoms with Gasteiger partial charge in [0.2, 0.25) is 0 Å². The van der Waals surface area contributed by atoms with Gasteiger partial charge in [-0.3, -0.25) is 5.10 Å². The molecule has 2 aromatic carbocycles. The van der Waals surface area contributed by atoms with Gasteiger partial charge in [-0.2, -0.15) is 10.4 Å². The fraction of sp³-hybridized carbons (Fsp3) is 0. The van der Waals surface area contributed by atoms with Crippen LogP contribution in [0.2, 0.25) is 0 Å². The van der Waals surface area contributed by atoms with Crippen molar-refractivity contribution in [1.29, 1.82) is 5.26 Å². The zero-order valence-corrected chi connectivity index (χ0v) is 13.7. The molecule has 0 spiro atoms. The van der Waals surface area contributed by atoms with Crippen LogP contribution in [0.25, 0.3) is 44.5 Å². The third kappa shape index (κ3) is 2.20. The number of nitrogens with one attached hydrogen (secondary N) is 1. The second-order valence-corrected chi connectivity index (χ2v) is 6.06. The molecule has 130 valence electrons. The average Bonchev–Trinajstić information content (AvgIpc) is 3.37. The van der Waals surface area contributed by atoms with Crippen molar-refractivity contribution >= 4 is 21.9 Å². The van der Waals surface area contributed by atoms with Gasteiger partial charge in [0.25, 0.3) is 0 Å². The lowest BCUT2D eigenvalue weighted by Gasteiger charge is -2.02. The third-order valence-electron chi connectivity index (χ3n) is 4.44. The Balaban J connectivity index is 1.90. The van der Waals surface area contributed by atoms with Crippen molar-refractivity contribution in [2.24, 2.45) is 0 Å². The fourth-order valence-electron chi connectivity index (χ4n) is 3.25. The van der Waals surface area contributed by atoms with E-state index in [-0.39, 0.29) is 22.7 Å². The quantitative estimate of drug-likeness (QED) is 0.464. The minimum atomic E-state index is -0.702. The molecule has 0 saturated carbocycles. The van der Waals surface area contributed by atoms with Gasteiger partial charge in [-0.1, -0.05) is 0 Å². The molecular formula is C20H10FN3O3. The Morgan fingerprint density at radius 3 is 2.89 bits per heavy atom. The molecule has 0 aliphatic heterocycles. The summed E-state index contributed by atoms with van der Waals surface area (Å²) in [6.45, 7) is 0. The summed E-state index contributed by atoms with van der Waals surface area (Å²) >= 11 is 0. The van der Waals surface area contributed by atoms with Gasteiger partial charge in [-0.15, -0.1) is 0 Å². The topological polar surface area (TPSA) is 99.0 Å². The molecule has 3 aromatic heterocycles. The zero-order chi connectivity index (χ0) is 18.5. The van der Waals surface area contributed by atoms with Crippen molar-refractivity contribution in [3.05, 3.63) is 60.2 Å². The van der Waals surface area contributed by atoms with Crippen LogP contribution < -0.4 is 0 Å². The Bertz CT molecular complexity index is 1370. The molecule has 0 aliphatic rings. The molecule has 27 heavy (non-hydrogen) atoms. The number of phenols is 1. The molecule has 0 fully saturated rings. The maximum absolute atomic E-state index is 14.4. The number of rotatable bonds is 2. The molecule has 2 N–H and O–H groups in total. The number of aromatic hydroxyl groups is 1. The Kier molecular flexibility index (Phi) is 3.09. The van der Waals surface area contributed by atoms with Gasteiger partial charge in [0.15, 0.2) is 17.2 Å². The number of aromatic nitrogens is 2. The van der Waals surface area contributed by atoms with Crippen LogP contribution in [-0.2, 0) is 0 Å². The second kappa shape index (κ2) is 5.47. The molecule has 0 unspecified atom stereocenters. The molecule has 0 atom stereocenters. The number of H-pyrrole nitrogens is 1. The number of nitrogens with zero attached hydrogens (tertiary/aromatic N) is 2. The molecule has 0 saturated heterocycles. The maximum Gasteiger partial charge on any atom is 0.171 e. The molecule has 5 aromatic rings. The van der Waals surface area contributed by atoms with E-state index in [1.165, 1.54) is 18.4 Å². The molecule has 0 bridgehead atoms. The maximum atomic E-state index is 14.4. The van der Waals surface area contributed by atoms with E-state index in [1.54, 1.807) is 12.3 Å². The van der Waals surface area contributed by atoms with E-state index in [2.05, 4.69) is 16.3 Å². The first-order chi connectivity index (χ1) is 13.2. The van der Waals surface area contributed by atoms with Gasteiger partial charge in [-0.05, 0) is 30.3 Å². The Hall–Kier alpha value is -4.05. The van der Waals surface area contributed by atoms with Crippen molar-refractivity contribution < 1.29 is 18.3 Å². The van der Waals surface area contributed by atoms with Crippen LogP contribution in [-0.4, -0.2) is 15.3 Å². The van der Waals surface area contributed by atoms with Crippen LogP contribution in [0.5, 0.6) is 5.75 Å². The average molecular weight is 359 g/mol. The van der Waals surface area contributed by atoms with E-state index in [1.807, 2.05) is 12.1 Å². The summed E-state index contributed by atoms with van der Waals surface area (Å²) in [5, 5.41) is 27.3. The molecule has 0 amide bonds. The van der Waals surface area contributed by atoms with Crippen LogP contribution in [0.1, 0.15) is 5.56 Å². The highest BCUT2D eigenvalue weighted by atomic mass is 19.1. The highest BCUT2D eigenvalue weighted by Gasteiger charge is 2.25. The lowest BCUT2D eigenvalue weighted by molar-refractivity contribution is 0.468. The van der Waals surface area contributed by atoms with Crippen molar-refractivity contribution in [2.75, 3.05) is 0 Å². The molecule has 5 rings (SSSR count). The highest BCUT2D eigenvalue weighted by Crippen LogP contribution is 2.44. The number of hydrogen-bond donors (Lipinski definition) is 2. The summed E-state index contributed by atoms with van der Waals surface area (Å²) in [6, 6.07) is 11.4. The minimum absolute atomic E-state index is 0.0228. The highest BCUT2D eigenvalue weighted by molar-refractivity contribution is 6.03. The monoisotopic (exact) mass is 359 g/mol. The van der Waals surface area contributed by atoms with Gasteiger partial charge in [-0.25, -0.2) is 4.39 Å². The third-order valence-corrected chi connectivity index (χ3v) is 4.44. The smallest absolute Gasteiger partial charge is 0.171 e. The standard InChI is InChI=1S/C20H10FN3O3/c21-15-7-13(25)6-14-17(18-11(8-22)3-4-26-18)19(27-20(14)15)10-1-2-16-12(5-10)9-23-24-16/h1-7,9,25H,(H,23,24). The number of benzene rings is 2.